The fraction of sp³-hybridized carbons (Fsp3) is 0.286. The van der Waals surface area contributed by atoms with Crippen molar-refractivity contribution < 1.29 is 9.90 Å². The third-order valence-electron chi connectivity index (χ3n) is 3.32. The molecule has 1 aromatic carbocycles. The molecular formula is C14H15N3O2S. The first kappa shape index (κ1) is 13.2. The number of amides is 1. The zero-order chi connectivity index (χ0) is 14.0. The first-order valence-corrected chi connectivity index (χ1v) is 7.54. The van der Waals surface area contributed by atoms with E-state index in [2.05, 4.69) is 10.4 Å². The van der Waals surface area contributed by atoms with Crippen LogP contribution in [0.15, 0.2) is 42.7 Å². The molecular weight excluding hydrogens is 274 g/mol. The number of nitrogens with zero attached hydrogens (tertiary/aromatic N) is 2. The van der Waals surface area contributed by atoms with Crippen molar-refractivity contribution in [1.82, 2.24) is 9.78 Å². The summed E-state index contributed by atoms with van der Waals surface area (Å²) in [4.78, 5) is 12.1. The van der Waals surface area contributed by atoms with E-state index in [9.17, 15) is 9.90 Å². The Morgan fingerprint density at radius 1 is 1.40 bits per heavy atom. The first-order chi connectivity index (χ1) is 9.67. The van der Waals surface area contributed by atoms with Gasteiger partial charge in [0.25, 0.3) is 5.91 Å². The van der Waals surface area contributed by atoms with E-state index in [1.54, 1.807) is 34.8 Å². The van der Waals surface area contributed by atoms with Crippen molar-refractivity contribution in [2.45, 2.75) is 12.0 Å². The van der Waals surface area contributed by atoms with E-state index in [1.807, 2.05) is 24.4 Å². The molecule has 1 saturated heterocycles. The van der Waals surface area contributed by atoms with Gasteiger partial charge < -0.3 is 10.4 Å². The second kappa shape index (κ2) is 5.30. The molecule has 1 aromatic heterocycles. The average Bonchev–Trinajstić information content (AvgIpc) is 3.11. The molecule has 1 atom stereocenters. The van der Waals surface area contributed by atoms with Crippen LogP contribution in [0.4, 0.5) is 5.69 Å². The van der Waals surface area contributed by atoms with Crippen LogP contribution in [0.5, 0.6) is 0 Å². The summed E-state index contributed by atoms with van der Waals surface area (Å²) in [5.74, 6) is 0.959. The molecule has 1 aliphatic heterocycles. The van der Waals surface area contributed by atoms with Crippen molar-refractivity contribution in [3.05, 3.63) is 42.7 Å². The quantitative estimate of drug-likeness (QED) is 0.902. The predicted octanol–water partition coefficient (Wildman–Crippen LogP) is 1.68. The van der Waals surface area contributed by atoms with Crippen LogP contribution in [-0.2, 0) is 4.79 Å². The van der Waals surface area contributed by atoms with Crippen LogP contribution >= 0.6 is 11.8 Å². The molecule has 0 bridgehead atoms. The van der Waals surface area contributed by atoms with Crippen molar-refractivity contribution in [1.29, 1.82) is 0 Å². The van der Waals surface area contributed by atoms with E-state index < -0.39 is 5.60 Å². The number of rotatable bonds is 3. The zero-order valence-corrected chi connectivity index (χ0v) is 11.6. The number of anilines is 1. The van der Waals surface area contributed by atoms with Crippen LogP contribution in [0.3, 0.4) is 0 Å². The molecule has 0 radical (unpaired) electrons. The number of thioether (sulfide) groups is 1. The molecule has 1 fully saturated rings. The normalized spacial score (nSPS) is 21.9. The summed E-state index contributed by atoms with van der Waals surface area (Å²) in [7, 11) is 0. The second-order valence-corrected chi connectivity index (χ2v) is 5.89. The van der Waals surface area contributed by atoms with E-state index in [1.165, 1.54) is 0 Å². The summed E-state index contributed by atoms with van der Waals surface area (Å²) >= 11 is 1.60. The highest BCUT2D eigenvalue weighted by Gasteiger charge is 2.39. The average molecular weight is 289 g/mol. The molecule has 2 N–H and O–H groups in total. The second-order valence-electron chi connectivity index (χ2n) is 4.79. The molecule has 20 heavy (non-hydrogen) atoms. The highest BCUT2D eigenvalue weighted by atomic mass is 32.2. The maximum absolute atomic E-state index is 12.1. The van der Waals surface area contributed by atoms with Crippen LogP contribution in [0.25, 0.3) is 5.69 Å². The van der Waals surface area contributed by atoms with Crippen molar-refractivity contribution in [2.75, 3.05) is 16.8 Å². The first-order valence-electron chi connectivity index (χ1n) is 6.39. The maximum Gasteiger partial charge on any atom is 0.257 e. The zero-order valence-electron chi connectivity index (χ0n) is 10.8. The van der Waals surface area contributed by atoms with Gasteiger partial charge in [-0.2, -0.15) is 16.9 Å². The van der Waals surface area contributed by atoms with Crippen molar-refractivity contribution in [3.63, 3.8) is 0 Å². The molecule has 3 rings (SSSR count). The van der Waals surface area contributed by atoms with E-state index in [-0.39, 0.29) is 5.91 Å². The lowest BCUT2D eigenvalue weighted by molar-refractivity contribution is -0.131. The Kier molecular flexibility index (Phi) is 3.50. The summed E-state index contributed by atoms with van der Waals surface area (Å²) in [5, 5.41) is 17.1. The standard InChI is InChI=1S/C14H15N3O2S/c18-13(14(19)6-9-20-10-14)16-11-2-4-12(5-3-11)17-8-1-7-15-17/h1-5,7-8,19H,6,9-10H2,(H,16,18). The Morgan fingerprint density at radius 2 is 2.20 bits per heavy atom. The molecule has 2 aromatic rings. The lowest BCUT2D eigenvalue weighted by atomic mass is 10.0. The highest BCUT2D eigenvalue weighted by molar-refractivity contribution is 7.99. The molecule has 5 nitrogen and oxygen atoms in total. The van der Waals surface area contributed by atoms with Gasteiger partial charge >= 0.3 is 0 Å². The van der Waals surface area contributed by atoms with Crippen molar-refractivity contribution >= 4 is 23.4 Å². The van der Waals surface area contributed by atoms with E-state index in [0.29, 0.717) is 17.9 Å². The van der Waals surface area contributed by atoms with Crippen molar-refractivity contribution in [3.8, 4) is 5.69 Å². The SMILES string of the molecule is O=C(Nc1ccc(-n2cccn2)cc1)C1(O)CCSC1. The molecule has 1 amide bonds. The summed E-state index contributed by atoms with van der Waals surface area (Å²) < 4.78 is 1.74. The van der Waals surface area contributed by atoms with Gasteiger partial charge in [-0.15, -0.1) is 0 Å². The lowest BCUT2D eigenvalue weighted by Gasteiger charge is -2.20. The molecule has 0 spiro atoms. The third kappa shape index (κ3) is 2.57. The van der Waals surface area contributed by atoms with E-state index in [4.69, 9.17) is 0 Å². The van der Waals surface area contributed by atoms with Crippen LogP contribution in [0.1, 0.15) is 6.42 Å². The Labute approximate surface area is 121 Å². The van der Waals surface area contributed by atoms with Gasteiger partial charge in [0.2, 0.25) is 0 Å². The number of hydrogen-bond acceptors (Lipinski definition) is 4. The van der Waals surface area contributed by atoms with Gasteiger partial charge in [0.05, 0.1) is 5.69 Å². The molecule has 0 aliphatic carbocycles. The molecule has 1 aliphatic rings. The summed E-state index contributed by atoms with van der Waals surface area (Å²) in [6.07, 6.45) is 4.07. The molecule has 1 unspecified atom stereocenters. The molecule has 104 valence electrons. The number of hydrogen-bond donors (Lipinski definition) is 2. The predicted molar refractivity (Wildman–Crippen MR) is 79.1 cm³/mol. The third-order valence-corrected chi connectivity index (χ3v) is 4.49. The minimum absolute atomic E-state index is 0.325. The monoisotopic (exact) mass is 289 g/mol. The Bertz CT molecular complexity index is 589. The fourth-order valence-corrected chi connectivity index (χ4v) is 3.34. The number of aliphatic hydroxyl groups is 1. The molecule has 0 saturated carbocycles. The number of benzene rings is 1. The minimum Gasteiger partial charge on any atom is -0.379 e. The number of nitrogens with one attached hydrogen (secondary N) is 1. The fourth-order valence-electron chi connectivity index (χ4n) is 2.10. The number of carbonyl (C=O) groups is 1. The van der Waals surface area contributed by atoms with Crippen LogP contribution in [-0.4, -0.2) is 37.9 Å². The highest BCUT2D eigenvalue weighted by Crippen LogP contribution is 2.29. The Hall–Kier alpha value is -1.79. The molecule has 6 heteroatoms. The largest absolute Gasteiger partial charge is 0.379 e. The minimum atomic E-state index is -1.23. The van der Waals surface area contributed by atoms with Gasteiger partial charge in [-0.25, -0.2) is 4.68 Å². The topological polar surface area (TPSA) is 67.2 Å². The van der Waals surface area contributed by atoms with Gasteiger partial charge in [-0.05, 0) is 42.5 Å². The van der Waals surface area contributed by atoms with Crippen LogP contribution in [0, 0.1) is 0 Å². The smallest absolute Gasteiger partial charge is 0.257 e. The Morgan fingerprint density at radius 3 is 2.80 bits per heavy atom. The maximum atomic E-state index is 12.1. The molecule has 2 heterocycles. The van der Waals surface area contributed by atoms with Gasteiger partial charge in [-0.1, -0.05) is 0 Å². The van der Waals surface area contributed by atoms with Gasteiger partial charge in [0.15, 0.2) is 5.60 Å². The van der Waals surface area contributed by atoms with Gasteiger partial charge in [0.1, 0.15) is 0 Å². The van der Waals surface area contributed by atoms with Crippen LogP contribution < -0.4 is 5.32 Å². The van der Waals surface area contributed by atoms with Crippen LogP contribution in [0.2, 0.25) is 0 Å². The van der Waals surface area contributed by atoms with Gasteiger partial charge in [-0.3, -0.25) is 4.79 Å². The van der Waals surface area contributed by atoms with E-state index >= 15 is 0 Å². The summed E-state index contributed by atoms with van der Waals surface area (Å²) in [6.45, 7) is 0. The van der Waals surface area contributed by atoms with Crippen molar-refractivity contribution in [2.24, 2.45) is 0 Å². The lowest BCUT2D eigenvalue weighted by Crippen LogP contribution is -2.42. The summed E-state index contributed by atoms with van der Waals surface area (Å²) in [6, 6.07) is 9.20. The number of aromatic nitrogens is 2. The van der Waals surface area contributed by atoms with Gasteiger partial charge in [0, 0.05) is 23.8 Å². The summed E-state index contributed by atoms with van der Waals surface area (Å²) in [5.41, 5.74) is 0.366. The van der Waals surface area contributed by atoms with E-state index in [0.717, 1.165) is 11.4 Å². The Balaban J connectivity index is 1.71. The number of carbonyl (C=O) groups excluding carboxylic acids is 1.